The van der Waals surface area contributed by atoms with Crippen molar-refractivity contribution in [2.45, 2.75) is 33.6 Å². The molecule has 1 aromatic heterocycles. The number of carbonyl (C=O) groups excluding carboxylic acids is 1. The summed E-state index contributed by atoms with van der Waals surface area (Å²) in [6, 6.07) is 11.9. The van der Waals surface area contributed by atoms with Gasteiger partial charge in [0.15, 0.2) is 0 Å². The van der Waals surface area contributed by atoms with Gasteiger partial charge < -0.3 is 10.6 Å². The molecule has 0 atom stereocenters. The van der Waals surface area contributed by atoms with Gasteiger partial charge in [0.1, 0.15) is 5.82 Å². The molecule has 116 valence electrons. The molecule has 0 aliphatic rings. The molecular formula is C18H23N3O. The number of nitrogens with one attached hydrogen (secondary N) is 2. The van der Waals surface area contributed by atoms with Crippen molar-refractivity contribution in [3.63, 3.8) is 0 Å². The van der Waals surface area contributed by atoms with Crippen molar-refractivity contribution in [2.75, 3.05) is 10.6 Å². The average Bonchev–Trinajstić information content (AvgIpc) is 2.49. The molecule has 2 rings (SSSR count). The monoisotopic (exact) mass is 297 g/mol. The first kappa shape index (κ1) is 16.0. The summed E-state index contributed by atoms with van der Waals surface area (Å²) in [7, 11) is 0. The highest BCUT2D eigenvalue weighted by Gasteiger charge is 2.06. The average molecular weight is 297 g/mol. The van der Waals surface area contributed by atoms with Gasteiger partial charge in [0, 0.05) is 12.1 Å². The van der Waals surface area contributed by atoms with Crippen LogP contribution in [0.5, 0.6) is 0 Å². The highest BCUT2D eigenvalue weighted by Crippen LogP contribution is 2.20. The molecular weight excluding hydrogens is 274 g/mol. The summed E-state index contributed by atoms with van der Waals surface area (Å²) < 4.78 is 0. The molecule has 1 amide bonds. The van der Waals surface area contributed by atoms with Crippen molar-refractivity contribution in [1.29, 1.82) is 0 Å². The Balaban J connectivity index is 2.01. The van der Waals surface area contributed by atoms with E-state index in [2.05, 4.69) is 28.6 Å². The normalized spacial score (nSPS) is 10.5. The highest BCUT2D eigenvalue weighted by molar-refractivity contribution is 5.90. The standard InChI is InChI=1S/C18H23N3O/c1-4-14-7-5-6-8-16(14)21-17-10-9-15(12-19-17)20-18(22)11-13(2)3/h5-10,12-13H,4,11H2,1-3H3,(H,19,21)(H,20,22). The van der Waals surface area contributed by atoms with Gasteiger partial charge in [-0.15, -0.1) is 0 Å². The van der Waals surface area contributed by atoms with Crippen LogP contribution < -0.4 is 10.6 Å². The van der Waals surface area contributed by atoms with Gasteiger partial charge in [-0.2, -0.15) is 0 Å². The number of anilines is 3. The van der Waals surface area contributed by atoms with E-state index in [0.717, 1.165) is 23.6 Å². The fourth-order valence-electron chi connectivity index (χ4n) is 2.21. The van der Waals surface area contributed by atoms with Gasteiger partial charge in [-0.25, -0.2) is 4.98 Å². The van der Waals surface area contributed by atoms with Crippen LogP contribution in [0.3, 0.4) is 0 Å². The Labute approximate surface area is 132 Å². The van der Waals surface area contributed by atoms with Crippen molar-refractivity contribution in [2.24, 2.45) is 5.92 Å². The molecule has 0 saturated carbocycles. The molecule has 0 aliphatic heterocycles. The first-order chi connectivity index (χ1) is 10.6. The number of benzene rings is 1. The maximum absolute atomic E-state index is 11.7. The van der Waals surface area contributed by atoms with E-state index in [1.807, 2.05) is 44.2 Å². The highest BCUT2D eigenvalue weighted by atomic mass is 16.1. The van der Waals surface area contributed by atoms with Gasteiger partial charge in [0.2, 0.25) is 5.91 Å². The summed E-state index contributed by atoms with van der Waals surface area (Å²) in [6.45, 7) is 6.17. The van der Waals surface area contributed by atoms with Gasteiger partial charge in [-0.1, -0.05) is 39.0 Å². The first-order valence-electron chi connectivity index (χ1n) is 7.69. The van der Waals surface area contributed by atoms with E-state index in [1.165, 1.54) is 5.56 Å². The largest absolute Gasteiger partial charge is 0.340 e. The predicted molar refractivity (Wildman–Crippen MR) is 91.4 cm³/mol. The van der Waals surface area contributed by atoms with Crippen LogP contribution in [0.2, 0.25) is 0 Å². The molecule has 0 spiro atoms. The zero-order chi connectivity index (χ0) is 15.9. The number of carbonyl (C=O) groups is 1. The number of rotatable bonds is 6. The molecule has 0 saturated heterocycles. The summed E-state index contributed by atoms with van der Waals surface area (Å²) in [5.74, 6) is 1.14. The van der Waals surface area contributed by atoms with Crippen LogP contribution in [0.15, 0.2) is 42.6 Å². The van der Waals surface area contributed by atoms with E-state index in [1.54, 1.807) is 6.20 Å². The van der Waals surface area contributed by atoms with E-state index in [-0.39, 0.29) is 5.91 Å². The fraction of sp³-hybridized carbons (Fsp3) is 0.333. The van der Waals surface area contributed by atoms with Crippen molar-refractivity contribution in [3.8, 4) is 0 Å². The van der Waals surface area contributed by atoms with Crippen LogP contribution in [0, 0.1) is 5.92 Å². The summed E-state index contributed by atoms with van der Waals surface area (Å²) in [6.07, 6.45) is 3.16. The Bertz CT molecular complexity index is 620. The van der Waals surface area contributed by atoms with Gasteiger partial charge in [-0.3, -0.25) is 4.79 Å². The van der Waals surface area contributed by atoms with Crippen LogP contribution in [-0.4, -0.2) is 10.9 Å². The lowest BCUT2D eigenvalue weighted by Gasteiger charge is -2.11. The molecule has 0 aliphatic carbocycles. The zero-order valence-electron chi connectivity index (χ0n) is 13.4. The summed E-state index contributed by atoms with van der Waals surface area (Å²) >= 11 is 0. The molecule has 1 aromatic carbocycles. The van der Waals surface area contributed by atoms with Crippen molar-refractivity contribution < 1.29 is 4.79 Å². The number of hydrogen-bond donors (Lipinski definition) is 2. The Kier molecular flexibility index (Phi) is 5.53. The Hall–Kier alpha value is -2.36. The lowest BCUT2D eigenvalue weighted by atomic mass is 10.1. The van der Waals surface area contributed by atoms with Gasteiger partial charge in [0.25, 0.3) is 0 Å². The molecule has 0 bridgehead atoms. The summed E-state index contributed by atoms with van der Waals surface area (Å²) in [5, 5.41) is 6.17. The Morgan fingerprint density at radius 1 is 1.18 bits per heavy atom. The van der Waals surface area contributed by atoms with Crippen molar-refractivity contribution in [1.82, 2.24) is 4.98 Å². The maximum Gasteiger partial charge on any atom is 0.224 e. The molecule has 4 nitrogen and oxygen atoms in total. The minimum absolute atomic E-state index is 0.0221. The predicted octanol–water partition coefficient (Wildman–Crippen LogP) is 4.37. The van der Waals surface area contributed by atoms with Crippen molar-refractivity contribution >= 4 is 23.1 Å². The van der Waals surface area contributed by atoms with Crippen LogP contribution in [-0.2, 0) is 11.2 Å². The maximum atomic E-state index is 11.7. The second kappa shape index (κ2) is 7.59. The number of amides is 1. The van der Waals surface area contributed by atoms with Gasteiger partial charge in [0.05, 0.1) is 11.9 Å². The minimum atomic E-state index is 0.0221. The zero-order valence-corrected chi connectivity index (χ0v) is 13.4. The molecule has 2 N–H and O–H groups in total. The third-order valence-electron chi connectivity index (χ3n) is 3.30. The van der Waals surface area contributed by atoms with Crippen LogP contribution in [0.1, 0.15) is 32.8 Å². The number of hydrogen-bond acceptors (Lipinski definition) is 3. The van der Waals surface area contributed by atoms with Crippen molar-refractivity contribution in [3.05, 3.63) is 48.2 Å². The van der Waals surface area contributed by atoms with Crippen LogP contribution >= 0.6 is 0 Å². The number of aromatic nitrogens is 1. The Morgan fingerprint density at radius 2 is 1.95 bits per heavy atom. The van der Waals surface area contributed by atoms with E-state index in [4.69, 9.17) is 0 Å². The SMILES string of the molecule is CCc1ccccc1Nc1ccc(NC(=O)CC(C)C)cn1. The number of pyridine rings is 1. The lowest BCUT2D eigenvalue weighted by Crippen LogP contribution is -2.14. The third-order valence-corrected chi connectivity index (χ3v) is 3.30. The van der Waals surface area contributed by atoms with E-state index >= 15 is 0 Å². The minimum Gasteiger partial charge on any atom is -0.340 e. The Morgan fingerprint density at radius 3 is 2.59 bits per heavy atom. The second-order valence-electron chi connectivity index (χ2n) is 5.71. The fourth-order valence-corrected chi connectivity index (χ4v) is 2.21. The quantitative estimate of drug-likeness (QED) is 0.832. The molecule has 4 heteroatoms. The third kappa shape index (κ3) is 4.58. The summed E-state index contributed by atoms with van der Waals surface area (Å²) in [5.41, 5.74) is 3.03. The topological polar surface area (TPSA) is 54.0 Å². The van der Waals surface area contributed by atoms with E-state index < -0.39 is 0 Å². The second-order valence-corrected chi connectivity index (χ2v) is 5.71. The molecule has 0 fully saturated rings. The number of aryl methyl sites for hydroxylation is 1. The molecule has 0 unspecified atom stereocenters. The molecule has 0 radical (unpaired) electrons. The van der Waals surface area contributed by atoms with Crippen LogP contribution in [0.25, 0.3) is 0 Å². The van der Waals surface area contributed by atoms with Crippen LogP contribution in [0.4, 0.5) is 17.2 Å². The van der Waals surface area contributed by atoms with Gasteiger partial charge in [-0.05, 0) is 36.1 Å². The summed E-state index contributed by atoms with van der Waals surface area (Å²) in [4.78, 5) is 16.1. The lowest BCUT2D eigenvalue weighted by molar-refractivity contribution is -0.116. The number of nitrogens with zero attached hydrogens (tertiary/aromatic N) is 1. The number of para-hydroxylation sites is 1. The van der Waals surface area contributed by atoms with E-state index in [0.29, 0.717) is 12.3 Å². The molecule has 22 heavy (non-hydrogen) atoms. The molecule has 1 heterocycles. The first-order valence-corrected chi connectivity index (χ1v) is 7.69. The smallest absolute Gasteiger partial charge is 0.224 e. The molecule has 2 aromatic rings. The van der Waals surface area contributed by atoms with E-state index in [9.17, 15) is 4.79 Å². The van der Waals surface area contributed by atoms with Gasteiger partial charge >= 0.3 is 0 Å².